The Morgan fingerprint density at radius 2 is 1.85 bits per heavy atom. The van der Waals surface area contributed by atoms with Gasteiger partial charge in [0.25, 0.3) is 0 Å². The standard InChI is InChI=1S/C18H22FN/c1-12-6-5-9-13(12)18(20-2)16-10-11-17(19)15-8-4-3-7-14(15)16/h3-4,7-8,10-13,18,20H,5-6,9H2,1-2H3. The highest BCUT2D eigenvalue weighted by Gasteiger charge is 2.31. The molecule has 0 radical (unpaired) electrons. The summed E-state index contributed by atoms with van der Waals surface area (Å²) in [6, 6.07) is 11.7. The van der Waals surface area contributed by atoms with Crippen molar-refractivity contribution in [2.75, 3.05) is 7.05 Å². The minimum absolute atomic E-state index is 0.126. The Labute approximate surface area is 120 Å². The van der Waals surface area contributed by atoms with Crippen molar-refractivity contribution in [3.63, 3.8) is 0 Å². The number of hydrogen-bond acceptors (Lipinski definition) is 1. The largest absolute Gasteiger partial charge is 0.313 e. The van der Waals surface area contributed by atoms with Crippen molar-refractivity contribution < 1.29 is 4.39 Å². The lowest BCUT2D eigenvalue weighted by molar-refractivity contribution is 0.317. The molecule has 106 valence electrons. The van der Waals surface area contributed by atoms with Gasteiger partial charge in [0, 0.05) is 11.4 Å². The fourth-order valence-electron chi connectivity index (χ4n) is 3.83. The van der Waals surface area contributed by atoms with Gasteiger partial charge in [-0.2, -0.15) is 0 Å². The first-order chi connectivity index (χ1) is 9.72. The predicted molar refractivity (Wildman–Crippen MR) is 82.2 cm³/mol. The maximum atomic E-state index is 14.0. The third kappa shape index (κ3) is 2.22. The maximum absolute atomic E-state index is 14.0. The molecule has 0 heterocycles. The maximum Gasteiger partial charge on any atom is 0.131 e. The van der Waals surface area contributed by atoms with Crippen LogP contribution in [0.4, 0.5) is 4.39 Å². The third-order valence-corrected chi connectivity index (χ3v) is 4.91. The van der Waals surface area contributed by atoms with Gasteiger partial charge in [-0.05, 0) is 42.3 Å². The Bertz CT molecular complexity index is 607. The van der Waals surface area contributed by atoms with Crippen LogP contribution < -0.4 is 5.32 Å². The zero-order valence-corrected chi connectivity index (χ0v) is 12.2. The molecule has 0 amide bonds. The van der Waals surface area contributed by atoms with E-state index in [0.717, 1.165) is 16.7 Å². The molecule has 2 heteroatoms. The van der Waals surface area contributed by atoms with Gasteiger partial charge in [0.15, 0.2) is 0 Å². The van der Waals surface area contributed by atoms with E-state index in [1.165, 1.54) is 24.8 Å². The summed E-state index contributed by atoms with van der Waals surface area (Å²) in [5.41, 5.74) is 1.24. The zero-order valence-electron chi connectivity index (χ0n) is 12.2. The molecular weight excluding hydrogens is 249 g/mol. The molecule has 0 bridgehead atoms. The molecule has 1 N–H and O–H groups in total. The molecule has 0 aromatic heterocycles. The molecule has 2 aromatic carbocycles. The number of halogens is 1. The first kappa shape index (κ1) is 13.6. The molecular formula is C18H22FN. The van der Waals surface area contributed by atoms with Crippen LogP contribution in [-0.2, 0) is 0 Å². The van der Waals surface area contributed by atoms with Crippen molar-refractivity contribution in [3.8, 4) is 0 Å². The van der Waals surface area contributed by atoms with Crippen LogP contribution in [0.2, 0.25) is 0 Å². The highest BCUT2D eigenvalue weighted by Crippen LogP contribution is 2.41. The van der Waals surface area contributed by atoms with Crippen LogP contribution >= 0.6 is 0 Å². The van der Waals surface area contributed by atoms with E-state index < -0.39 is 0 Å². The minimum Gasteiger partial charge on any atom is -0.313 e. The highest BCUT2D eigenvalue weighted by atomic mass is 19.1. The number of benzene rings is 2. The van der Waals surface area contributed by atoms with Gasteiger partial charge < -0.3 is 5.32 Å². The summed E-state index contributed by atoms with van der Waals surface area (Å²) in [5, 5.41) is 5.26. The Kier molecular flexibility index (Phi) is 3.75. The molecule has 3 unspecified atom stereocenters. The quantitative estimate of drug-likeness (QED) is 0.855. The SMILES string of the molecule is CNC(c1ccc(F)c2ccccc12)C1CCCC1C. The molecule has 2 aromatic rings. The summed E-state index contributed by atoms with van der Waals surface area (Å²) in [5.74, 6) is 1.25. The Hall–Kier alpha value is -1.41. The minimum atomic E-state index is -0.126. The molecule has 1 saturated carbocycles. The van der Waals surface area contributed by atoms with Gasteiger partial charge in [0.1, 0.15) is 5.82 Å². The number of hydrogen-bond donors (Lipinski definition) is 1. The van der Waals surface area contributed by atoms with Crippen LogP contribution in [0.5, 0.6) is 0 Å². The van der Waals surface area contributed by atoms with E-state index in [4.69, 9.17) is 0 Å². The first-order valence-electron chi connectivity index (χ1n) is 7.56. The van der Waals surface area contributed by atoms with Crippen molar-refractivity contribution in [2.45, 2.75) is 32.2 Å². The van der Waals surface area contributed by atoms with E-state index >= 15 is 0 Å². The second kappa shape index (κ2) is 5.53. The topological polar surface area (TPSA) is 12.0 Å². The average Bonchev–Trinajstić information content (AvgIpc) is 2.89. The van der Waals surface area contributed by atoms with E-state index in [9.17, 15) is 4.39 Å². The number of fused-ring (bicyclic) bond motifs is 1. The molecule has 3 rings (SSSR count). The Morgan fingerprint density at radius 1 is 1.10 bits per heavy atom. The fraction of sp³-hybridized carbons (Fsp3) is 0.444. The van der Waals surface area contributed by atoms with Gasteiger partial charge in [0.05, 0.1) is 0 Å². The summed E-state index contributed by atoms with van der Waals surface area (Å²) < 4.78 is 14.0. The van der Waals surface area contributed by atoms with Gasteiger partial charge in [-0.15, -0.1) is 0 Å². The highest BCUT2D eigenvalue weighted by molar-refractivity contribution is 5.86. The van der Waals surface area contributed by atoms with Crippen LogP contribution in [0, 0.1) is 17.7 Å². The number of nitrogens with one attached hydrogen (secondary N) is 1. The van der Waals surface area contributed by atoms with Gasteiger partial charge in [0.2, 0.25) is 0 Å². The van der Waals surface area contributed by atoms with Gasteiger partial charge in [-0.3, -0.25) is 0 Å². The van der Waals surface area contributed by atoms with E-state index in [1.807, 2.05) is 37.4 Å². The lowest BCUT2D eigenvalue weighted by atomic mass is 9.84. The molecule has 1 aliphatic rings. The second-order valence-electron chi connectivity index (χ2n) is 6.02. The third-order valence-electron chi connectivity index (χ3n) is 4.91. The van der Waals surface area contributed by atoms with Gasteiger partial charge in [-0.25, -0.2) is 4.39 Å². The van der Waals surface area contributed by atoms with E-state index in [2.05, 4.69) is 12.2 Å². The van der Waals surface area contributed by atoms with Crippen molar-refractivity contribution in [1.29, 1.82) is 0 Å². The second-order valence-corrected chi connectivity index (χ2v) is 6.02. The van der Waals surface area contributed by atoms with Crippen LogP contribution in [0.1, 0.15) is 37.8 Å². The summed E-state index contributed by atoms with van der Waals surface area (Å²) >= 11 is 0. The van der Waals surface area contributed by atoms with Crippen molar-refractivity contribution >= 4 is 10.8 Å². The van der Waals surface area contributed by atoms with E-state index in [1.54, 1.807) is 6.07 Å². The first-order valence-corrected chi connectivity index (χ1v) is 7.56. The van der Waals surface area contributed by atoms with E-state index in [-0.39, 0.29) is 5.82 Å². The summed E-state index contributed by atoms with van der Waals surface area (Å²) in [4.78, 5) is 0. The van der Waals surface area contributed by atoms with Crippen molar-refractivity contribution in [1.82, 2.24) is 5.32 Å². The average molecular weight is 271 g/mol. The normalized spacial score (nSPS) is 24.1. The summed E-state index contributed by atoms with van der Waals surface area (Å²) in [6.45, 7) is 2.34. The number of rotatable bonds is 3. The van der Waals surface area contributed by atoms with Crippen LogP contribution in [0.25, 0.3) is 10.8 Å². The lowest BCUT2D eigenvalue weighted by Gasteiger charge is -2.28. The molecule has 1 nitrogen and oxygen atoms in total. The molecule has 0 saturated heterocycles. The smallest absolute Gasteiger partial charge is 0.131 e. The summed E-state index contributed by atoms with van der Waals surface area (Å²) in [7, 11) is 2.02. The fourth-order valence-corrected chi connectivity index (χ4v) is 3.83. The Balaban J connectivity index is 2.10. The van der Waals surface area contributed by atoms with Crippen LogP contribution in [0.15, 0.2) is 36.4 Å². The zero-order chi connectivity index (χ0) is 14.1. The van der Waals surface area contributed by atoms with Crippen molar-refractivity contribution in [3.05, 3.63) is 47.8 Å². The van der Waals surface area contributed by atoms with Gasteiger partial charge in [-0.1, -0.05) is 50.1 Å². The van der Waals surface area contributed by atoms with E-state index in [0.29, 0.717) is 12.0 Å². The van der Waals surface area contributed by atoms with Crippen molar-refractivity contribution in [2.24, 2.45) is 11.8 Å². The molecule has 0 aliphatic heterocycles. The van der Waals surface area contributed by atoms with Crippen LogP contribution in [-0.4, -0.2) is 7.05 Å². The Morgan fingerprint density at radius 3 is 2.50 bits per heavy atom. The molecule has 3 atom stereocenters. The van der Waals surface area contributed by atoms with Crippen LogP contribution in [0.3, 0.4) is 0 Å². The monoisotopic (exact) mass is 271 g/mol. The summed E-state index contributed by atoms with van der Waals surface area (Å²) in [6.07, 6.45) is 3.88. The molecule has 1 fully saturated rings. The predicted octanol–water partition coefficient (Wildman–Crippen LogP) is 4.68. The van der Waals surface area contributed by atoms with Gasteiger partial charge >= 0.3 is 0 Å². The molecule has 0 spiro atoms. The lowest BCUT2D eigenvalue weighted by Crippen LogP contribution is -2.27. The molecule has 20 heavy (non-hydrogen) atoms. The molecule has 1 aliphatic carbocycles.